The Labute approximate surface area is 134 Å². The largest absolute Gasteiger partial charge is 0.433 e. The van der Waals surface area contributed by atoms with Crippen molar-refractivity contribution in [2.24, 2.45) is 0 Å². The smallest absolute Gasteiger partial charge is 0.343 e. The number of rotatable bonds is 4. The zero-order valence-electron chi connectivity index (χ0n) is 14.7. The number of benzene rings is 1. The quantitative estimate of drug-likeness (QED) is 0.755. The maximum Gasteiger partial charge on any atom is 0.343 e. The van der Waals surface area contributed by atoms with Gasteiger partial charge in [0.05, 0.1) is 10.8 Å². The van der Waals surface area contributed by atoms with E-state index in [2.05, 4.69) is 46.9 Å². The molecule has 0 atom stereocenters. The van der Waals surface area contributed by atoms with Gasteiger partial charge in [-0.2, -0.15) is 0 Å². The van der Waals surface area contributed by atoms with Crippen molar-refractivity contribution in [1.82, 2.24) is 0 Å². The van der Waals surface area contributed by atoms with Gasteiger partial charge in [0.15, 0.2) is 0 Å². The third kappa shape index (κ3) is 2.91. The third-order valence-corrected chi connectivity index (χ3v) is 10.5. The summed E-state index contributed by atoms with van der Waals surface area (Å²) in [6.07, 6.45) is 3.26. The summed E-state index contributed by atoms with van der Waals surface area (Å²) in [5.41, 5.74) is 1.08. The van der Waals surface area contributed by atoms with E-state index >= 15 is 0 Å². The average molecular weight is 317 g/mol. The van der Waals surface area contributed by atoms with Gasteiger partial charge in [0.25, 0.3) is 0 Å². The van der Waals surface area contributed by atoms with Crippen molar-refractivity contribution < 1.29 is 4.42 Å². The molecular formula is C19H28O2Si. The van der Waals surface area contributed by atoms with Crippen LogP contribution in [0.4, 0.5) is 0 Å². The van der Waals surface area contributed by atoms with Gasteiger partial charge in [0.2, 0.25) is 0 Å². The summed E-state index contributed by atoms with van der Waals surface area (Å²) in [5, 5.41) is 2.95. The van der Waals surface area contributed by atoms with Crippen LogP contribution in [0.2, 0.25) is 18.1 Å². The van der Waals surface area contributed by atoms with Crippen LogP contribution in [0, 0.1) is 0 Å². The van der Waals surface area contributed by atoms with E-state index in [0.717, 1.165) is 35.4 Å². The van der Waals surface area contributed by atoms with Crippen LogP contribution in [-0.2, 0) is 6.42 Å². The van der Waals surface area contributed by atoms with Crippen molar-refractivity contribution in [3.8, 4) is 0 Å². The number of fused-ring (bicyclic) bond motifs is 1. The fraction of sp³-hybridized carbons (Fsp3) is 0.526. The van der Waals surface area contributed by atoms with E-state index in [9.17, 15) is 4.79 Å². The highest BCUT2D eigenvalue weighted by Gasteiger charge is 2.41. The molecule has 2 rings (SSSR count). The first kappa shape index (κ1) is 17.0. The molecule has 0 aliphatic carbocycles. The molecule has 1 aromatic heterocycles. The van der Waals surface area contributed by atoms with E-state index in [4.69, 9.17) is 4.42 Å². The summed E-state index contributed by atoms with van der Waals surface area (Å²) in [4.78, 5) is 12.5. The highest BCUT2D eigenvalue weighted by molar-refractivity contribution is 6.91. The van der Waals surface area contributed by atoms with Crippen LogP contribution < -0.4 is 11.0 Å². The molecule has 120 valence electrons. The Hall–Kier alpha value is -1.35. The molecule has 0 aliphatic heterocycles. The van der Waals surface area contributed by atoms with Crippen LogP contribution >= 0.6 is 0 Å². The van der Waals surface area contributed by atoms with E-state index in [1.807, 2.05) is 18.2 Å². The molecule has 0 amide bonds. The van der Waals surface area contributed by atoms with Gasteiger partial charge >= 0.3 is 5.63 Å². The fourth-order valence-electron chi connectivity index (χ4n) is 2.70. The summed E-state index contributed by atoms with van der Waals surface area (Å²) in [6, 6.07) is 7.89. The van der Waals surface area contributed by atoms with Crippen LogP contribution in [-0.4, -0.2) is 8.07 Å². The lowest BCUT2D eigenvalue weighted by Crippen LogP contribution is -2.52. The summed E-state index contributed by atoms with van der Waals surface area (Å²) in [6.45, 7) is 13.6. The maximum absolute atomic E-state index is 12.5. The van der Waals surface area contributed by atoms with E-state index < -0.39 is 8.07 Å². The highest BCUT2D eigenvalue weighted by atomic mass is 28.3. The molecule has 22 heavy (non-hydrogen) atoms. The molecule has 0 N–H and O–H groups in total. The molecule has 2 nitrogen and oxygen atoms in total. The molecule has 1 heterocycles. The van der Waals surface area contributed by atoms with Gasteiger partial charge in [-0.25, -0.2) is 4.79 Å². The predicted molar refractivity (Wildman–Crippen MR) is 97.9 cm³/mol. The lowest BCUT2D eigenvalue weighted by Gasteiger charge is -2.36. The van der Waals surface area contributed by atoms with Crippen molar-refractivity contribution in [3.63, 3.8) is 0 Å². The van der Waals surface area contributed by atoms with E-state index in [1.54, 1.807) is 0 Å². The minimum absolute atomic E-state index is 0.145. The minimum Gasteiger partial charge on any atom is -0.433 e. The number of unbranched alkanes of at least 4 members (excludes halogenated alkanes) is 1. The second-order valence-corrected chi connectivity index (χ2v) is 12.9. The average Bonchev–Trinajstić information content (AvgIpc) is 2.45. The monoisotopic (exact) mass is 316 g/mol. The molecular weight excluding hydrogens is 288 g/mol. The van der Waals surface area contributed by atoms with Crippen molar-refractivity contribution >= 4 is 24.2 Å². The summed E-state index contributed by atoms with van der Waals surface area (Å²) < 4.78 is 5.92. The summed E-state index contributed by atoms with van der Waals surface area (Å²) >= 11 is 0. The topological polar surface area (TPSA) is 30.2 Å². The summed E-state index contributed by atoms with van der Waals surface area (Å²) in [5.74, 6) is 0. The molecule has 1 aromatic carbocycles. The van der Waals surface area contributed by atoms with E-state index in [0.29, 0.717) is 0 Å². The van der Waals surface area contributed by atoms with Crippen LogP contribution in [0.1, 0.15) is 46.1 Å². The second kappa shape index (κ2) is 6.03. The highest BCUT2D eigenvalue weighted by Crippen LogP contribution is 2.36. The molecule has 0 unspecified atom stereocenters. The first-order chi connectivity index (χ1) is 10.2. The van der Waals surface area contributed by atoms with Gasteiger partial charge in [-0.3, -0.25) is 0 Å². The number of hydrogen-bond acceptors (Lipinski definition) is 2. The molecule has 0 saturated carbocycles. The first-order valence-corrected chi connectivity index (χ1v) is 11.3. The third-order valence-electron chi connectivity index (χ3n) is 5.16. The zero-order valence-corrected chi connectivity index (χ0v) is 15.7. The molecule has 2 aromatic rings. The Morgan fingerprint density at radius 2 is 1.68 bits per heavy atom. The fourth-order valence-corrected chi connectivity index (χ4v) is 4.75. The lowest BCUT2D eigenvalue weighted by molar-refractivity contribution is 0.536. The van der Waals surface area contributed by atoms with Gasteiger partial charge in [0, 0.05) is 0 Å². The lowest BCUT2D eigenvalue weighted by atomic mass is 10.0. The molecule has 3 heteroatoms. The molecule has 0 radical (unpaired) electrons. The molecule has 0 spiro atoms. The van der Waals surface area contributed by atoms with Crippen molar-refractivity contribution in [1.29, 1.82) is 0 Å². The maximum atomic E-state index is 12.5. The normalized spacial score (nSPS) is 12.8. The van der Waals surface area contributed by atoms with Crippen LogP contribution in [0.25, 0.3) is 10.8 Å². The number of aryl methyl sites for hydroxylation is 1. The Bertz CT molecular complexity index is 720. The number of hydrogen-bond donors (Lipinski definition) is 0. The molecule has 0 fully saturated rings. The Morgan fingerprint density at radius 1 is 1.09 bits per heavy atom. The second-order valence-electron chi connectivity index (χ2n) is 7.72. The van der Waals surface area contributed by atoms with Crippen molar-refractivity contribution in [2.75, 3.05) is 0 Å². The van der Waals surface area contributed by atoms with Crippen LogP contribution in [0.5, 0.6) is 0 Å². The van der Waals surface area contributed by atoms with Crippen LogP contribution in [0.3, 0.4) is 0 Å². The molecule has 0 bridgehead atoms. The van der Waals surface area contributed by atoms with E-state index in [-0.39, 0.29) is 10.7 Å². The van der Waals surface area contributed by atoms with Gasteiger partial charge in [-0.1, -0.05) is 65.4 Å². The summed E-state index contributed by atoms with van der Waals surface area (Å²) in [7, 11) is -1.89. The zero-order chi connectivity index (χ0) is 16.5. The standard InChI is InChI=1S/C19H28O2Si/c1-7-8-11-16-14-12-9-10-13-15(14)17(20)21-18(16)22(5,6)19(2,3)4/h9-10,12-13H,7-8,11H2,1-6H3. The molecule has 0 saturated heterocycles. The minimum atomic E-state index is -1.89. The first-order valence-electron chi connectivity index (χ1n) is 8.25. The van der Waals surface area contributed by atoms with Crippen LogP contribution in [0.15, 0.2) is 33.5 Å². The Balaban J connectivity index is 2.80. The van der Waals surface area contributed by atoms with Gasteiger partial charge in [-0.05, 0) is 34.9 Å². The van der Waals surface area contributed by atoms with Crippen molar-refractivity contribution in [3.05, 3.63) is 40.2 Å². The Morgan fingerprint density at radius 3 is 2.23 bits per heavy atom. The van der Waals surface area contributed by atoms with Gasteiger partial charge in [0.1, 0.15) is 8.07 Å². The molecule has 0 aliphatic rings. The SMILES string of the molecule is CCCCc1c([Si](C)(C)C(C)(C)C)oc(=O)c2ccccc12. The van der Waals surface area contributed by atoms with E-state index in [1.165, 1.54) is 5.56 Å². The van der Waals surface area contributed by atoms with Crippen molar-refractivity contribution in [2.45, 2.75) is 65.1 Å². The predicted octanol–water partition coefficient (Wildman–Crippen LogP) is 4.85. The van der Waals surface area contributed by atoms with Gasteiger partial charge in [-0.15, -0.1) is 0 Å². The van der Waals surface area contributed by atoms with Gasteiger partial charge < -0.3 is 4.42 Å². The Kier molecular flexibility index (Phi) is 4.66.